The molecule has 0 saturated heterocycles. The third-order valence-electron chi connectivity index (χ3n) is 1.52. The lowest BCUT2D eigenvalue weighted by Crippen LogP contribution is -2.38. The molecule has 0 radical (unpaired) electrons. The molecule has 0 bridgehead atoms. The van der Waals surface area contributed by atoms with Crippen LogP contribution in [0.25, 0.3) is 0 Å². The summed E-state index contributed by atoms with van der Waals surface area (Å²) in [7, 11) is 2.02. The monoisotopic (exact) mass is 141 g/mol. The van der Waals surface area contributed by atoms with Crippen LogP contribution in [0.2, 0.25) is 0 Å². The Morgan fingerprint density at radius 1 is 1.40 bits per heavy atom. The fourth-order valence-corrected chi connectivity index (χ4v) is 0.820. The first-order valence-electron chi connectivity index (χ1n) is 3.52. The lowest BCUT2D eigenvalue weighted by Gasteiger charge is -2.30. The zero-order chi connectivity index (χ0) is 7.78. The van der Waals surface area contributed by atoms with E-state index in [1.807, 2.05) is 13.4 Å². The zero-order valence-electron chi connectivity index (χ0n) is 7.13. The highest BCUT2D eigenvalue weighted by Crippen LogP contribution is 2.15. The maximum atomic E-state index is 4.22. The Morgan fingerprint density at radius 3 is 2.20 bits per heavy atom. The Morgan fingerprint density at radius 2 is 2.00 bits per heavy atom. The summed E-state index contributed by atoms with van der Waals surface area (Å²) in [4.78, 5) is 2.06. The number of nitrogens with zero attached hydrogens (tertiary/aromatic N) is 3. The van der Waals surface area contributed by atoms with E-state index in [-0.39, 0.29) is 5.54 Å². The van der Waals surface area contributed by atoms with Crippen molar-refractivity contribution in [2.24, 2.45) is 5.10 Å². The predicted octanol–water partition coefficient (Wildman–Crippen LogP) is 0.933. The zero-order valence-corrected chi connectivity index (χ0v) is 7.13. The Kier molecular flexibility index (Phi) is 1.58. The van der Waals surface area contributed by atoms with Gasteiger partial charge in [0.15, 0.2) is 0 Å². The van der Waals surface area contributed by atoms with Gasteiger partial charge < -0.3 is 4.90 Å². The Hall–Kier alpha value is -0.730. The Labute approximate surface area is 62.3 Å². The molecule has 0 aliphatic carbocycles. The molecule has 1 aliphatic rings. The highest BCUT2D eigenvalue weighted by atomic mass is 15.6. The second kappa shape index (κ2) is 2.15. The third kappa shape index (κ3) is 1.40. The second-order valence-corrected chi connectivity index (χ2v) is 3.70. The van der Waals surface area contributed by atoms with E-state index < -0.39 is 0 Å². The van der Waals surface area contributed by atoms with Crippen LogP contribution in [0.3, 0.4) is 0 Å². The standard InChI is InChI=1S/C7H15N3/c1-7(2,3)10-6-9(4)5-8-10/h5H,6H2,1-4H3. The topological polar surface area (TPSA) is 18.8 Å². The van der Waals surface area contributed by atoms with Crippen molar-refractivity contribution < 1.29 is 0 Å². The lowest BCUT2D eigenvalue weighted by molar-refractivity contribution is 0.127. The minimum atomic E-state index is 0.154. The van der Waals surface area contributed by atoms with Crippen molar-refractivity contribution >= 4 is 6.34 Å². The molecule has 0 N–H and O–H groups in total. The molecule has 0 amide bonds. The van der Waals surface area contributed by atoms with Gasteiger partial charge in [0.25, 0.3) is 0 Å². The van der Waals surface area contributed by atoms with E-state index in [0.717, 1.165) is 6.67 Å². The van der Waals surface area contributed by atoms with Gasteiger partial charge in [-0.2, -0.15) is 5.10 Å². The summed E-state index contributed by atoms with van der Waals surface area (Å²) >= 11 is 0. The molecule has 3 heteroatoms. The Balaban J connectivity index is 2.55. The molecule has 0 unspecified atom stereocenters. The van der Waals surface area contributed by atoms with Gasteiger partial charge in [-0.05, 0) is 20.8 Å². The highest BCUT2D eigenvalue weighted by molar-refractivity contribution is 5.55. The predicted molar refractivity (Wildman–Crippen MR) is 42.7 cm³/mol. The van der Waals surface area contributed by atoms with Crippen molar-refractivity contribution in [3.05, 3.63) is 0 Å². The summed E-state index contributed by atoms with van der Waals surface area (Å²) in [5.41, 5.74) is 0.154. The summed E-state index contributed by atoms with van der Waals surface area (Å²) in [6.07, 6.45) is 1.85. The third-order valence-corrected chi connectivity index (χ3v) is 1.52. The van der Waals surface area contributed by atoms with Crippen LogP contribution in [-0.2, 0) is 0 Å². The van der Waals surface area contributed by atoms with E-state index in [1.165, 1.54) is 0 Å². The van der Waals surface area contributed by atoms with Crippen LogP contribution in [0.5, 0.6) is 0 Å². The van der Waals surface area contributed by atoms with E-state index in [9.17, 15) is 0 Å². The van der Waals surface area contributed by atoms with Crippen molar-refractivity contribution in [1.29, 1.82) is 0 Å². The number of hydrogen-bond acceptors (Lipinski definition) is 3. The van der Waals surface area contributed by atoms with Crippen LogP contribution < -0.4 is 0 Å². The first kappa shape index (κ1) is 7.38. The quantitative estimate of drug-likeness (QED) is 0.500. The smallest absolute Gasteiger partial charge is 0.112 e. The number of rotatable bonds is 0. The van der Waals surface area contributed by atoms with Crippen LogP contribution in [0.4, 0.5) is 0 Å². The van der Waals surface area contributed by atoms with E-state index in [4.69, 9.17) is 0 Å². The van der Waals surface area contributed by atoms with Crippen LogP contribution in [0.1, 0.15) is 20.8 Å². The molecule has 0 aromatic rings. The minimum absolute atomic E-state index is 0.154. The molecule has 0 saturated carbocycles. The average molecular weight is 141 g/mol. The molecule has 1 aliphatic heterocycles. The molecule has 1 heterocycles. The van der Waals surface area contributed by atoms with Crippen molar-refractivity contribution in [3.8, 4) is 0 Å². The van der Waals surface area contributed by atoms with Crippen LogP contribution in [-0.4, -0.2) is 35.5 Å². The van der Waals surface area contributed by atoms with Crippen molar-refractivity contribution in [3.63, 3.8) is 0 Å². The van der Waals surface area contributed by atoms with E-state index >= 15 is 0 Å². The largest absolute Gasteiger partial charge is 0.345 e. The molecule has 0 spiro atoms. The van der Waals surface area contributed by atoms with Crippen LogP contribution >= 0.6 is 0 Å². The highest BCUT2D eigenvalue weighted by Gasteiger charge is 2.22. The first-order chi connectivity index (χ1) is 4.50. The minimum Gasteiger partial charge on any atom is -0.345 e. The van der Waals surface area contributed by atoms with Gasteiger partial charge in [0.1, 0.15) is 13.0 Å². The van der Waals surface area contributed by atoms with Gasteiger partial charge >= 0.3 is 0 Å². The second-order valence-electron chi connectivity index (χ2n) is 3.70. The first-order valence-corrected chi connectivity index (χ1v) is 3.52. The van der Waals surface area contributed by atoms with E-state index in [1.54, 1.807) is 0 Å². The maximum Gasteiger partial charge on any atom is 0.112 e. The summed E-state index contributed by atoms with van der Waals surface area (Å²) in [5.74, 6) is 0. The average Bonchev–Trinajstić information content (AvgIpc) is 2.11. The van der Waals surface area contributed by atoms with E-state index in [0.29, 0.717) is 0 Å². The summed E-state index contributed by atoms with van der Waals surface area (Å²) < 4.78 is 0. The van der Waals surface area contributed by atoms with Gasteiger partial charge in [-0.1, -0.05) is 0 Å². The summed E-state index contributed by atoms with van der Waals surface area (Å²) in [6, 6.07) is 0. The van der Waals surface area contributed by atoms with Gasteiger partial charge in [0, 0.05) is 7.05 Å². The fraction of sp³-hybridized carbons (Fsp3) is 0.857. The van der Waals surface area contributed by atoms with Gasteiger partial charge in [0.2, 0.25) is 0 Å². The van der Waals surface area contributed by atoms with Crippen LogP contribution in [0, 0.1) is 0 Å². The molecule has 0 atom stereocenters. The van der Waals surface area contributed by atoms with Gasteiger partial charge in [-0.25, -0.2) is 0 Å². The Bertz CT molecular complexity index is 145. The maximum absolute atomic E-state index is 4.22. The number of hydrazone groups is 1. The van der Waals surface area contributed by atoms with Crippen molar-refractivity contribution in [2.45, 2.75) is 26.3 Å². The molecular formula is C7H15N3. The van der Waals surface area contributed by atoms with Crippen molar-refractivity contribution in [2.75, 3.05) is 13.7 Å². The molecule has 0 aromatic carbocycles. The molecule has 10 heavy (non-hydrogen) atoms. The van der Waals surface area contributed by atoms with Gasteiger partial charge in [-0.15, -0.1) is 0 Å². The van der Waals surface area contributed by atoms with Gasteiger partial charge in [0.05, 0.1) is 5.54 Å². The molecule has 0 fully saturated rings. The SMILES string of the molecule is CN1C=NN(C(C)(C)C)C1. The summed E-state index contributed by atoms with van der Waals surface area (Å²) in [5, 5.41) is 6.28. The van der Waals surface area contributed by atoms with Gasteiger partial charge in [-0.3, -0.25) is 5.01 Å². The molecule has 58 valence electrons. The molecule has 3 nitrogen and oxygen atoms in total. The van der Waals surface area contributed by atoms with Crippen molar-refractivity contribution in [1.82, 2.24) is 9.91 Å². The lowest BCUT2D eigenvalue weighted by atomic mass is 10.1. The molecular weight excluding hydrogens is 126 g/mol. The normalized spacial score (nSPS) is 18.8. The molecule has 0 aromatic heterocycles. The number of hydrogen-bond donors (Lipinski definition) is 0. The molecule has 1 rings (SSSR count). The van der Waals surface area contributed by atoms with Crippen LogP contribution in [0.15, 0.2) is 5.10 Å². The summed E-state index contributed by atoms with van der Waals surface area (Å²) in [6.45, 7) is 7.38. The van der Waals surface area contributed by atoms with E-state index in [2.05, 4.69) is 35.8 Å². The fourth-order valence-electron chi connectivity index (χ4n) is 0.820.